The third-order valence-electron chi connectivity index (χ3n) is 9.99. The maximum atomic E-state index is 12.1. The highest BCUT2D eigenvalue weighted by atomic mass is 79.9. The van der Waals surface area contributed by atoms with Gasteiger partial charge in [-0.2, -0.15) is 0 Å². The first-order valence-electron chi connectivity index (χ1n) is 18.6. The predicted octanol–water partition coefficient (Wildman–Crippen LogP) is 7.18. The molecule has 12 nitrogen and oxygen atoms in total. The standard InChI is InChI=1S/C18H19NO4.C15H26BNO4.C9H5BrO2/c1-18(2,3)23-17(22)19-8-7-12(10-19)13-6-4-5-11-9-14(20)16(21)15(11)13;1-13(2,3)19-12(18)17-9-8-11(10-17)16-20-14(4,5)15(6,7)21-16;10-6-3-1-2-5-4-7(11)9(12)8(5)6/h4-7H,8-10H2,1-3H3;8H,9-10H2,1-7H3;1-3H,4H2. The van der Waals surface area contributed by atoms with Crippen LogP contribution in [0.1, 0.15) is 107 Å². The molecule has 0 N–H and O–H groups in total. The average Bonchev–Trinajstić information content (AvgIpc) is 3.89. The number of halogens is 1. The molecule has 3 heterocycles. The predicted molar refractivity (Wildman–Crippen MR) is 214 cm³/mol. The lowest BCUT2D eigenvalue weighted by Gasteiger charge is -2.32. The van der Waals surface area contributed by atoms with Gasteiger partial charge in [0.2, 0.25) is 23.1 Å². The quantitative estimate of drug-likeness (QED) is 0.225. The van der Waals surface area contributed by atoms with E-state index in [0.717, 1.165) is 32.2 Å². The zero-order chi connectivity index (χ0) is 41.5. The van der Waals surface area contributed by atoms with Gasteiger partial charge in [-0.3, -0.25) is 19.2 Å². The Bertz CT molecular complexity index is 2020. The largest absolute Gasteiger partial charge is 0.492 e. The third kappa shape index (κ3) is 9.58. The van der Waals surface area contributed by atoms with Gasteiger partial charge in [-0.25, -0.2) is 9.59 Å². The van der Waals surface area contributed by atoms with Crippen LogP contribution in [0.5, 0.6) is 0 Å². The fraction of sp³-hybridized carbons (Fsp3) is 0.476. The van der Waals surface area contributed by atoms with Gasteiger partial charge in [0.25, 0.3) is 0 Å². The molecule has 1 fully saturated rings. The Morgan fingerprint density at radius 1 is 0.696 bits per heavy atom. The topological polar surface area (TPSA) is 146 Å². The summed E-state index contributed by atoms with van der Waals surface area (Å²) < 4.78 is 23.5. The monoisotopic (exact) mass is 832 g/mol. The van der Waals surface area contributed by atoms with Crippen LogP contribution < -0.4 is 0 Å². The van der Waals surface area contributed by atoms with Crippen LogP contribution in [0.2, 0.25) is 0 Å². The van der Waals surface area contributed by atoms with Crippen molar-refractivity contribution in [1.82, 2.24) is 9.80 Å². The molecule has 0 unspecified atom stereocenters. The number of rotatable bonds is 2. The van der Waals surface area contributed by atoms with E-state index in [4.69, 9.17) is 18.8 Å². The number of fused-ring (bicyclic) bond motifs is 2. The number of ether oxygens (including phenoxy) is 2. The highest BCUT2D eigenvalue weighted by molar-refractivity contribution is 9.10. The summed E-state index contributed by atoms with van der Waals surface area (Å²) in [7, 11) is -0.387. The molecule has 14 heteroatoms. The minimum atomic E-state index is -0.545. The Labute approximate surface area is 337 Å². The van der Waals surface area contributed by atoms with Gasteiger partial charge in [-0.15, -0.1) is 0 Å². The minimum Gasteiger partial charge on any atom is -0.444 e. The fourth-order valence-electron chi connectivity index (χ4n) is 6.46. The number of hydrogen-bond donors (Lipinski definition) is 0. The maximum absolute atomic E-state index is 12.1. The van der Waals surface area contributed by atoms with E-state index in [1.54, 1.807) is 15.9 Å². The van der Waals surface area contributed by atoms with Crippen LogP contribution in [0, 0.1) is 0 Å². The second kappa shape index (κ2) is 15.9. The Morgan fingerprint density at radius 2 is 1.16 bits per heavy atom. The van der Waals surface area contributed by atoms with Crippen LogP contribution in [0.4, 0.5) is 9.59 Å². The van der Waals surface area contributed by atoms with Crippen molar-refractivity contribution in [2.45, 2.75) is 104 Å². The summed E-state index contributed by atoms with van der Waals surface area (Å²) in [4.78, 5) is 73.5. The molecule has 298 valence electrons. The van der Waals surface area contributed by atoms with Gasteiger partial charge in [0.1, 0.15) is 11.2 Å². The molecule has 3 aliphatic heterocycles. The molecular weight excluding hydrogens is 783 g/mol. The summed E-state index contributed by atoms with van der Waals surface area (Å²) in [6, 6.07) is 10.9. The van der Waals surface area contributed by atoms with Crippen molar-refractivity contribution in [3.8, 4) is 0 Å². The van der Waals surface area contributed by atoms with E-state index >= 15 is 0 Å². The summed E-state index contributed by atoms with van der Waals surface area (Å²) in [5, 5.41) is 0. The fourth-order valence-corrected chi connectivity index (χ4v) is 7.05. The minimum absolute atomic E-state index is 0.172. The van der Waals surface area contributed by atoms with Crippen molar-refractivity contribution in [3.63, 3.8) is 0 Å². The number of ketones is 4. The first-order valence-corrected chi connectivity index (χ1v) is 19.4. The van der Waals surface area contributed by atoms with Crippen molar-refractivity contribution in [2.24, 2.45) is 0 Å². The molecule has 2 aromatic carbocycles. The first kappa shape index (κ1) is 42.7. The van der Waals surface area contributed by atoms with E-state index in [9.17, 15) is 28.8 Å². The second-order valence-corrected chi connectivity index (χ2v) is 18.1. The van der Waals surface area contributed by atoms with Crippen molar-refractivity contribution in [3.05, 3.63) is 86.3 Å². The van der Waals surface area contributed by atoms with Crippen LogP contribution in [-0.2, 0) is 41.2 Å². The van der Waals surface area contributed by atoms with E-state index in [1.165, 1.54) is 0 Å². The van der Waals surface area contributed by atoms with Crippen LogP contribution in [0.15, 0.2) is 58.5 Å². The number of carbonyl (C=O) groups is 6. The van der Waals surface area contributed by atoms with Gasteiger partial charge >= 0.3 is 19.3 Å². The van der Waals surface area contributed by atoms with Gasteiger partial charge < -0.3 is 28.6 Å². The Hall–Kier alpha value is -4.40. The van der Waals surface area contributed by atoms with Crippen LogP contribution >= 0.6 is 15.9 Å². The first-order chi connectivity index (χ1) is 25.9. The summed E-state index contributed by atoms with van der Waals surface area (Å²) in [6.07, 6.45) is 3.66. The molecule has 0 bridgehead atoms. The molecule has 0 saturated carbocycles. The lowest BCUT2D eigenvalue weighted by Crippen LogP contribution is -2.41. The zero-order valence-electron chi connectivity index (χ0n) is 33.8. The lowest BCUT2D eigenvalue weighted by atomic mass is 9.79. The summed E-state index contributed by atoms with van der Waals surface area (Å²) in [6.45, 7) is 21.0. The molecular formula is C42H50BBrN2O10. The number of hydrogen-bond acceptors (Lipinski definition) is 10. The molecule has 1 saturated heterocycles. The highest BCUT2D eigenvalue weighted by Gasteiger charge is 2.53. The normalized spacial score (nSPS) is 19.4. The van der Waals surface area contributed by atoms with Crippen molar-refractivity contribution >= 4 is 63.9 Å². The zero-order valence-corrected chi connectivity index (χ0v) is 35.4. The van der Waals surface area contributed by atoms with Gasteiger partial charge in [-0.1, -0.05) is 58.4 Å². The van der Waals surface area contributed by atoms with Crippen LogP contribution in [0.25, 0.3) is 5.57 Å². The summed E-state index contributed by atoms with van der Waals surface area (Å²) >= 11 is 3.24. The van der Waals surface area contributed by atoms with E-state index < -0.39 is 17.0 Å². The molecule has 2 aliphatic carbocycles. The molecule has 0 radical (unpaired) electrons. The summed E-state index contributed by atoms with van der Waals surface area (Å²) in [5.74, 6) is -1.46. The molecule has 0 spiro atoms. The lowest BCUT2D eigenvalue weighted by molar-refractivity contribution is -0.114. The molecule has 0 aromatic heterocycles. The number of Topliss-reactive ketones (excluding diaryl/α,β-unsaturated/α-hetero) is 4. The van der Waals surface area contributed by atoms with Gasteiger partial charge in [0.15, 0.2) is 0 Å². The van der Waals surface area contributed by atoms with Crippen molar-refractivity contribution < 1.29 is 47.5 Å². The van der Waals surface area contributed by atoms with Crippen LogP contribution in [0.3, 0.4) is 0 Å². The molecule has 56 heavy (non-hydrogen) atoms. The smallest absolute Gasteiger partial charge is 0.444 e. The Morgan fingerprint density at radius 3 is 1.68 bits per heavy atom. The van der Waals surface area contributed by atoms with Crippen molar-refractivity contribution in [2.75, 3.05) is 26.2 Å². The molecule has 5 aliphatic rings. The van der Waals surface area contributed by atoms with E-state index in [2.05, 4.69) is 15.9 Å². The number of benzene rings is 2. The van der Waals surface area contributed by atoms with Gasteiger partial charge in [-0.05, 0) is 103 Å². The molecule has 0 atom stereocenters. The Kier molecular flexibility index (Phi) is 12.1. The van der Waals surface area contributed by atoms with Gasteiger partial charge in [0, 0.05) is 54.6 Å². The van der Waals surface area contributed by atoms with Gasteiger partial charge in [0.05, 0.1) is 11.2 Å². The van der Waals surface area contributed by atoms with E-state index in [0.29, 0.717) is 37.3 Å². The maximum Gasteiger partial charge on any atom is 0.492 e. The Balaban J connectivity index is 0.000000168. The molecule has 2 amide bonds. The SMILES string of the molecule is CC(C)(C)OC(=O)N1CC=C(B2OC(C)(C)C(C)(C)O2)C1.CC(C)(C)OC(=O)N1CC=C(c2cccc3c2C(=O)C(=O)C3)C1.O=C1Cc2cccc(Br)c2C1=O. The number of amides is 2. The van der Waals surface area contributed by atoms with Crippen molar-refractivity contribution in [1.29, 1.82) is 0 Å². The third-order valence-corrected chi connectivity index (χ3v) is 10.6. The average molecular weight is 834 g/mol. The molecule has 2 aromatic rings. The van der Waals surface area contributed by atoms with E-state index in [1.807, 2.05) is 112 Å². The number of carbonyl (C=O) groups excluding carboxylic acids is 6. The molecule has 7 rings (SSSR count). The van der Waals surface area contributed by atoms with Crippen LogP contribution in [-0.4, -0.2) is 101 Å². The summed E-state index contributed by atoms with van der Waals surface area (Å²) in [5.41, 5.74) is 3.52. The number of nitrogens with zero attached hydrogens (tertiary/aromatic N) is 2. The van der Waals surface area contributed by atoms with E-state index in [-0.39, 0.29) is 60.7 Å². The second-order valence-electron chi connectivity index (χ2n) is 17.3. The highest BCUT2D eigenvalue weighted by Crippen LogP contribution is 2.39.